The lowest BCUT2D eigenvalue weighted by atomic mass is 10.1. The molecule has 3 heterocycles. The van der Waals surface area contributed by atoms with Gasteiger partial charge < -0.3 is 14.4 Å². The Hall–Kier alpha value is -3.34. The van der Waals surface area contributed by atoms with Crippen LogP contribution in [0.4, 0.5) is 5.69 Å². The summed E-state index contributed by atoms with van der Waals surface area (Å²) in [6.45, 7) is 0.719. The van der Waals surface area contributed by atoms with Crippen molar-refractivity contribution >= 4 is 22.5 Å². The monoisotopic (exact) mass is 343 g/mol. The number of carbonyl (C=O) groups excluding carboxylic acids is 1. The number of anilines is 1. The predicted octanol–water partition coefficient (Wildman–Crippen LogP) is 3.95. The number of aromatic nitrogens is 2. The van der Waals surface area contributed by atoms with Crippen LogP contribution < -0.4 is 4.90 Å². The Morgan fingerprint density at radius 3 is 3.00 bits per heavy atom. The van der Waals surface area contributed by atoms with E-state index in [-0.39, 0.29) is 5.91 Å². The van der Waals surface area contributed by atoms with Gasteiger partial charge in [-0.2, -0.15) is 0 Å². The maximum atomic E-state index is 12.9. The van der Waals surface area contributed by atoms with E-state index in [1.807, 2.05) is 47.5 Å². The van der Waals surface area contributed by atoms with Gasteiger partial charge in [0, 0.05) is 41.0 Å². The molecule has 0 atom stereocenters. The van der Waals surface area contributed by atoms with Gasteiger partial charge in [-0.05, 0) is 41.8 Å². The molecule has 0 saturated heterocycles. The zero-order valence-electron chi connectivity index (χ0n) is 14.1. The summed E-state index contributed by atoms with van der Waals surface area (Å²) in [5, 5.41) is 4.87. The van der Waals surface area contributed by atoms with E-state index in [1.54, 1.807) is 6.20 Å². The largest absolute Gasteiger partial charge is 0.361 e. The highest BCUT2D eigenvalue weighted by Gasteiger charge is 2.25. The lowest BCUT2D eigenvalue weighted by Crippen LogP contribution is -2.30. The van der Waals surface area contributed by atoms with E-state index in [0.29, 0.717) is 6.42 Å². The van der Waals surface area contributed by atoms with E-state index >= 15 is 0 Å². The van der Waals surface area contributed by atoms with Gasteiger partial charge in [0.15, 0.2) is 5.76 Å². The molecule has 2 aromatic carbocycles. The van der Waals surface area contributed by atoms with Crippen molar-refractivity contribution in [1.82, 2.24) is 10.1 Å². The van der Waals surface area contributed by atoms with Crippen LogP contribution in [0.15, 0.2) is 65.4 Å². The maximum absolute atomic E-state index is 12.9. The Kier molecular flexibility index (Phi) is 3.38. The van der Waals surface area contributed by atoms with Gasteiger partial charge in [-0.3, -0.25) is 4.79 Å². The van der Waals surface area contributed by atoms with Crippen LogP contribution in [-0.4, -0.2) is 22.6 Å². The molecule has 5 rings (SSSR count). The van der Waals surface area contributed by atoms with E-state index in [2.05, 4.69) is 22.3 Å². The highest BCUT2D eigenvalue weighted by molar-refractivity contribution is 5.99. The molecule has 4 aromatic rings. The lowest BCUT2D eigenvalue weighted by Gasteiger charge is -2.17. The lowest BCUT2D eigenvalue weighted by molar-refractivity contribution is -0.117. The zero-order valence-corrected chi connectivity index (χ0v) is 14.1. The van der Waals surface area contributed by atoms with Gasteiger partial charge in [0.25, 0.3) is 0 Å². The van der Waals surface area contributed by atoms with Crippen LogP contribution in [0, 0.1) is 0 Å². The van der Waals surface area contributed by atoms with Crippen LogP contribution in [-0.2, 0) is 17.6 Å². The summed E-state index contributed by atoms with van der Waals surface area (Å²) in [5.74, 6) is 0.872. The van der Waals surface area contributed by atoms with Crippen molar-refractivity contribution in [3.8, 4) is 11.3 Å². The molecule has 0 radical (unpaired) electrons. The summed E-state index contributed by atoms with van der Waals surface area (Å²) in [5.41, 5.74) is 5.27. The molecular weight excluding hydrogens is 326 g/mol. The normalized spacial score (nSPS) is 13.3. The Balaban J connectivity index is 1.41. The van der Waals surface area contributed by atoms with E-state index < -0.39 is 0 Å². The fourth-order valence-electron chi connectivity index (χ4n) is 3.72. The number of nitrogens with one attached hydrogen (secondary N) is 1. The average molecular weight is 343 g/mol. The first-order chi connectivity index (χ1) is 12.8. The summed E-state index contributed by atoms with van der Waals surface area (Å²) in [7, 11) is 0. The smallest absolute Gasteiger partial charge is 0.231 e. The first-order valence-corrected chi connectivity index (χ1v) is 8.69. The molecule has 128 valence electrons. The fourth-order valence-corrected chi connectivity index (χ4v) is 3.72. The number of fused-ring (bicyclic) bond motifs is 2. The SMILES string of the molecule is O=C(Cc1c[nH]c2ccccc12)N1CCc2cc(-c3ccno3)ccc21. The summed E-state index contributed by atoms with van der Waals surface area (Å²) in [6.07, 6.45) is 4.83. The Labute approximate surface area is 150 Å². The predicted molar refractivity (Wildman–Crippen MR) is 100.0 cm³/mol. The second-order valence-electron chi connectivity index (χ2n) is 6.55. The van der Waals surface area contributed by atoms with Crippen LogP contribution in [0.1, 0.15) is 11.1 Å². The van der Waals surface area contributed by atoms with Gasteiger partial charge in [-0.15, -0.1) is 0 Å². The zero-order chi connectivity index (χ0) is 17.5. The number of H-pyrrole nitrogens is 1. The molecule has 0 aliphatic carbocycles. The molecule has 0 bridgehead atoms. The molecule has 1 N–H and O–H groups in total. The van der Waals surface area contributed by atoms with Crippen molar-refractivity contribution in [1.29, 1.82) is 0 Å². The van der Waals surface area contributed by atoms with Crippen molar-refractivity contribution in [2.75, 3.05) is 11.4 Å². The van der Waals surface area contributed by atoms with Gasteiger partial charge in [-0.1, -0.05) is 23.4 Å². The molecule has 0 spiro atoms. The maximum Gasteiger partial charge on any atom is 0.231 e. The minimum absolute atomic E-state index is 0.126. The third-order valence-electron chi connectivity index (χ3n) is 5.02. The van der Waals surface area contributed by atoms with E-state index in [9.17, 15) is 4.79 Å². The third-order valence-corrected chi connectivity index (χ3v) is 5.02. The first-order valence-electron chi connectivity index (χ1n) is 8.69. The average Bonchev–Trinajstić information content (AvgIpc) is 3.41. The molecule has 1 aliphatic heterocycles. The first kappa shape index (κ1) is 15.0. The van der Waals surface area contributed by atoms with Crippen molar-refractivity contribution < 1.29 is 9.32 Å². The number of hydrogen-bond acceptors (Lipinski definition) is 3. The summed E-state index contributed by atoms with van der Waals surface area (Å²) < 4.78 is 5.23. The van der Waals surface area contributed by atoms with Crippen LogP contribution in [0.2, 0.25) is 0 Å². The standard InChI is InChI=1S/C21H17N3O2/c25-21(12-16-13-22-18-4-2-1-3-17(16)18)24-10-8-14-11-15(5-6-19(14)24)20-7-9-23-26-20/h1-7,9,11,13,22H,8,10,12H2. The van der Waals surface area contributed by atoms with Gasteiger partial charge in [-0.25, -0.2) is 0 Å². The molecule has 1 aliphatic rings. The van der Waals surface area contributed by atoms with Gasteiger partial charge in [0.1, 0.15) is 0 Å². The molecular formula is C21H17N3O2. The number of rotatable bonds is 3. The number of carbonyl (C=O) groups is 1. The molecule has 26 heavy (non-hydrogen) atoms. The number of para-hydroxylation sites is 1. The number of benzene rings is 2. The van der Waals surface area contributed by atoms with Crippen LogP contribution in [0.3, 0.4) is 0 Å². The number of aromatic amines is 1. The van der Waals surface area contributed by atoms with Crippen molar-refractivity contribution in [2.24, 2.45) is 0 Å². The van der Waals surface area contributed by atoms with E-state index in [4.69, 9.17) is 4.52 Å². The second-order valence-corrected chi connectivity index (χ2v) is 6.55. The number of hydrogen-bond donors (Lipinski definition) is 1. The van der Waals surface area contributed by atoms with Gasteiger partial charge in [0.2, 0.25) is 5.91 Å². The van der Waals surface area contributed by atoms with Crippen molar-refractivity contribution in [3.05, 3.63) is 72.1 Å². The van der Waals surface area contributed by atoms with Crippen LogP contribution >= 0.6 is 0 Å². The Bertz CT molecular complexity index is 1100. The van der Waals surface area contributed by atoms with Gasteiger partial charge in [0.05, 0.1) is 12.6 Å². The topological polar surface area (TPSA) is 62.1 Å². The Morgan fingerprint density at radius 1 is 1.19 bits per heavy atom. The van der Waals surface area contributed by atoms with Crippen molar-refractivity contribution in [2.45, 2.75) is 12.8 Å². The van der Waals surface area contributed by atoms with Gasteiger partial charge >= 0.3 is 0 Å². The molecule has 1 amide bonds. The minimum atomic E-state index is 0.126. The Morgan fingerprint density at radius 2 is 2.12 bits per heavy atom. The molecule has 0 unspecified atom stereocenters. The van der Waals surface area contributed by atoms with Crippen LogP contribution in [0.5, 0.6) is 0 Å². The van der Waals surface area contributed by atoms with Crippen molar-refractivity contribution in [3.63, 3.8) is 0 Å². The second kappa shape index (κ2) is 5.88. The molecule has 2 aromatic heterocycles. The highest BCUT2D eigenvalue weighted by Crippen LogP contribution is 2.33. The molecule has 0 saturated carbocycles. The quantitative estimate of drug-likeness (QED) is 0.612. The van der Waals surface area contributed by atoms with Crippen LogP contribution in [0.25, 0.3) is 22.2 Å². The fraction of sp³-hybridized carbons (Fsp3) is 0.143. The summed E-state index contributed by atoms with van der Waals surface area (Å²) in [4.78, 5) is 18.0. The number of nitrogens with zero attached hydrogens (tertiary/aromatic N) is 2. The van der Waals surface area contributed by atoms with E-state index in [0.717, 1.165) is 46.4 Å². The molecule has 5 heteroatoms. The number of amides is 1. The molecule has 5 nitrogen and oxygen atoms in total. The third kappa shape index (κ3) is 2.40. The van der Waals surface area contributed by atoms with E-state index in [1.165, 1.54) is 5.56 Å². The minimum Gasteiger partial charge on any atom is -0.361 e. The highest BCUT2D eigenvalue weighted by atomic mass is 16.5. The summed E-state index contributed by atoms with van der Waals surface area (Å²) in [6, 6.07) is 16.0. The summed E-state index contributed by atoms with van der Waals surface area (Å²) >= 11 is 0. The molecule has 0 fully saturated rings.